The molecule has 0 saturated heterocycles. The lowest BCUT2D eigenvalue weighted by atomic mass is 10.1. The molecular weight excluding hydrogens is 268 g/mol. The summed E-state index contributed by atoms with van der Waals surface area (Å²) in [5, 5.41) is 17.2. The van der Waals surface area contributed by atoms with Crippen molar-refractivity contribution in [3.05, 3.63) is 51.5 Å². The number of aliphatic hydroxyl groups excluding tert-OH is 1. The van der Waals surface area contributed by atoms with Crippen LogP contribution >= 0.6 is 11.3 Å². The van der Waals surface area contributed by atoms with Crippen LogP contribution in [0.25, 0.3) is 0 Å². The Bertz CT molecular complexity index is 596. The highest BCUT2D eigenvalue weighted by atomic mass is 32.1. The van der Waals surface area contributed by atoms with Crippen molar-refractivity contribution in [3.8, 4) is 0 Å². The molecule has 2 aromatic rings. The van der Waals surface area contributed by atoms with Crippen molar-refractivity contribution >= 4 is 11.3 Å². The summed E-state index contributed by atoms with van der Waals surface area (Å²) in [4.78, 5) is 4.62. The second kappa shape index (κ2) is 5.64. The number of hydrogen-bond acceptors (Lipinski definition) is 4. The van der Waals surface area contributed by atoms with Crippen LogP contribution < -0.4 is 5.32 Å². The van der Waals surface area contributed by atoms with Gasteiger partial charge in [-0.3, -0.25) is 0 Å². The maximum Gasteiger partial charge on any atom is 0.0949 e. The normalized spacial score (nSPS) is 22.8. The van der Waals surface area contributed by atoms with Gasteiger partial charge in [0.1, 0.15) is 0 Å². The van der Waals surface area contributed by atoms with Crippen molar-refractivity contribution in [2.45, 2.75) is 44.9 Å². The van der Waals surface area contributed by atoms with Gasteiger partial charge >= 0.3 is 0 Å². The van der Waals surface area contributed by atoms with E-state index in [4.69, 9.17) is 0 Å². The molecule has 4 heteroatoms. The summed E-state index contributed by atoms with van der Waals surface area (Å²) in [6, 6.07) is 8.38. The Balaban J connectivity index is 1.70. The van der Waals surface area contributed by atoms with E-state index in [1.807, 2.05) is 18.2 Å². The van der Waals surface area contributed by atoms with Crippen molar-refractivity contribution in [1.29, 1.82) is 0 Å². The Hall–Kier alpha value is -1.23. The smallest absolute Gasteiger partial charge is 0.0949 e. The molecule has 0 saturated carbocycles. The summed E-state index contributed by atoms with van der Waals surface area (Å²) < 4.78 is 0. The number of nitrogens with zero attached hydrogens (tertiary/aromatic N) is 1. The standard InChI is InChI=1S/C16H20N2OS/c1-3-15-18-14(9-20-15)10(2)17-13-8-11-6-4-5-7-12(11)16(13)19/h4-7,9-10,13,16-17,19H,3,8H2,1-2H3/t10-,13-,16-/m0/s1. The lowest BCUT2D eigenvalue weighted by molar-refractivity contribution is 0.136. The van der Waals surface area contributed by atoms with Crippen molar-refractivity contribution in [1.82, 2.24) is 10.3 Å². The van der Waals surface area contributed by atoms with E-state index in [2.05, 4.69) is 35.6 Å². The molecule has 3 rings (SSSR count). The van der Waals surface area contributed by atoms with Gasteiger partial charge in [0.05, 0.1) is 16.8 Å². The fourth-order valence-corrected chi connectivity index (χ4v) is 3.66. The Morgan fingerprint density at radius 1 is 1.45 bits per heavy atom. The number of aliphatic hydroxyl groups is 1. The lowest BCUT2D eigenvalue weighted by Crippen LogP contribution is -2.35. The van der Waals surface area contributed by atoms with E-state index in [1.54, 1.807) is 11.3 Å². The van der Waals surface area contributed by atoms with Crippen molar-refractivity contribution in [2.24, 2.45) is 0 Å². The zero-order valence-electron chi connectivity index (χ0n) is 11.8. The van der Waals surface area contributed by atoms with Crippen LogP contribution in [0.2, 0.25) is 0 Å². The molecule has 0 bridgehead atoms. The summed E-state index contributed by atoms with van der Waals surface area (Å²) in [7, 11) is 0. The molecule has 0 spiro atoms. The maximum atomic E-state index is 10.4. The van der Waals surface area contributed by atoms with Crippen LogP contribution in [-0.2, 0) is 12.8 Å². The summed E-state index contributed by atoms with van der Waals surface area (Å²) in [6.45, 7) is 4.24. The number of nitrogens with one attached hydrogen (secondary N) is 1. The number of benzene rings is 1. The number of rotatable bonds is 4. The molecule has 2 N–H and O–H groups in total. The van der Waals surface area contributed by atoms with Gasteiger partial charge in [0.15, 0.2) is 0 Å². The monoisotopic (exact) mass is 288 g/mol. The highest BCUT2D eigenvalue weighted by Gasteiger charge is 2.31. The molecule has 0 unspecified atom stereocenters. The van der Waals surface area contributed by atoms with E-state index >= 15 is 0 Å². The molecule has 3 atom stereocenters. The van der Waals surface area contributed by atoms with E-state index in [0.717, 1.165) is 24.1 Å². The van der Waals surface area contributed by atoms with E-state index in [9.17, 15) is 5.11 Å². The van der Waals surface area contributed by atoms with Crippen molar-refractivity contribution in [2.75, 3.05) is 0 Å². The molecule has 0 radical (unpaired) electrons. The van der Waals surface area contributed by atoms with Gasteiger partial charge in [0.25, 0.3) is 0 Å². The quantitative estimate of drug-likeness (QED) is 0.909. The van der Waals surface area contributed by atoms with E-state index in [-0.39, 0.29) is 12.1 Å². The number of aryl methyl sites for hydroxylation is 1. The van der Waals surface area contributed by atoms with Crippen LogP contribution in [0.15, 0.2) is 29.6 Å². The average Bonchev–Trinajstić information content (AvgIpc) is 3.05. The third kappa shape index (κ3) is 2.51. The van der Waals surface area contributed by atoms with Crippen molar-refractivity contribution in [3.63, 3.8) is 0 Å². The lowest BCUT2D eigenvalue weighted by Gasteiger charge is -2.21. The van der Waals surface area contributed by atoms with Gasteiger partial charge in [0, 0.05) is 17.5 Å². The third-order valence-electron chi connectivity index (χ3n) is 3.97. The zero-order chi connectivity index (χ0) is 14.1. The van der Waals surface area contributed by atoms with Crippen LogP contribution in [0.1, 0.15) is 47.8 Å². The minimum Gasteiger partial charge on any atom is -0.387 e. The Labute approximate surface area is 123 Å². The second-order valence-corrected chi connectivity index (χ2v) is 6.30. The number of fused-ring (bicyclic) bond motifs is 1. The van der Waals surface area contributed by atoms with E-state index in [1.165, 1.54) is 10.6 Å². The number of hydrogen-bond donors (Lipinski definition) is 2. The Kier molecular flexibility index (Phi) is 3.87. The molecule has 0 aliphatic heterocycles. The molecule has 20 heavy (non-hydrogen) atoms. The van der Waals surface area contributed by atoms with E-state index in [0.29, 0.717) is 0 Å². The first-order valence-electron chi connectivity index (χ1n) is 7.15. The van der Waals surface area contributed by atoms with Gasteiger partial charge in [-0.05, 0) is 30.9 Å². The largest absolute Gasteiger partial charge is 0.387 e. The first-order chi connectivity index (χ1) is 9.69. The first-order valence-corrected chi connectivity index (χ1v) is 8.03. The molecule has 0 fully saturated rings. The summed E-state index contributed by atoms with van der Waals surface area (Å²) in [5.41, 5.74) is 3.39. The van der Waals surface area contributed by atoms with Gasteiger partial charge in [-0.2, -0.15) is 0 Å². The summed E-state index contributed by atoms with van der Waals surface area (Å²) in [5.74, 6) is 0. The van der Waals surface area contributed by atoms with Crippen LogP contribution in [0.3, 0.4) is 0 Å². The summed E-state index contributed by atoms with van der Waals surface area (Å²) >= 11 is 1.71. The zero-order valence-corrected chi connectivity index (χ0v) is 12.7. The predicted molar refractivity (Wildman–Crippen MR) is 81.9 cm³/mol. The highest BCUT2D eigenvalue weighted by molar-refractivity contribution is 7.09. The van der Waals surface area contributed by atoms with E-state index < -0.39 is 6.10 Å². The third-order valence-corrected chi connectivity index (χ3v) is 4.99. The molecule has 1 aromatic heterocycles. The fourth-order valence-electron chi connectivity index (χ4n) is 2.82. The highest BCUT2D eigenvalue weighted by Crippen LogP contribution is 2.32. The molecule has 1 aliphatic rings. The van der Waals surface area contributed by atoms with Gasteiger partial charge < -0.3 is 10.4 Å². The SMILES string of the molecule is CCc1nc([C@H](C)N[C@H]2Cc3ccccc3[C@@H]2O)cs1. The average molecular weight is 288 g/mol. The van der Waals surface area contributed by atoms with Crippen molar-refractivity contribution < 1.29 is 5.11 Å². The number of aromatic nitrogens is 1. The second-order valence-electron chi connectivity index (χ2n) is 5.36. The van der Waals surface area contributed by atoms with Gasteiger partial charge in [-0.15, -0.1) is 11.3 Å². The summed E-state index contributed by atoms with van der Waals surface area (Å²) in [6.07, 6.45) is 1.44. The minimum atomic E-state index is -0.419. The van der Waals surface area contributed by atoms with Crippen LogP contribution in [-0.4, -0.2) is 16.1 Å². The maximum absolute atomic E-state index is 10.4. The van der Waals surface area contributed by atoms with Gasteiger partial charge in [0.2, 0.25) is 0 Å². The molecular formula is C16H20N2OS. The first kappa shape index (κ1) is 13.7. The van der Waals surface area contributed by atoms with Crippen LogP contribution in [0.5, 0.6) is 0 Å². The van der Waals surface area contributed by atoms with Crippen LogP contribution in [0, 0.1) is 0 Å². The predicted octanol–water partition coefficient (Wildman–Crippen LogP) is 3.01. The molecule has 0 amide bonds. The Morgan fingerprint density at radius 2 is 2.25 bits per heavy atom. The number of thiazole rings is 1. The molecule has 1 aromatic carbocycles. The molecule has 1 aliphatic carbocycles. The Morgan fingerprint density at radius 3 is 2.95 bits per heavy atom. The molecule has 1 heterocycles. The molecule has 106 valence electrons. The van der Waals surface area contributed by atoms with Gasteiger partial charge in [-0.25, -0.2) is 4.98 Å². The fraction of sp³-hybridized carbons (Fsp3) is 0.438. The van der Waals surface area contributed by atoms with Gasteiger partial charge in [-0.1, -0.05) is 31.2 Å². The topological polar surface area (TPSA) is 45.2 Å². The van der Waals surface area contributed by atoms with Crippen LogP contribution in [0.4, 0.5) is 0 Å². The minimum absolute atomic E-state index is 0.0779. The molecule has 3 nitrogen and oxygen atoms in total.